The smallest absolute Gasteiger partial charge is 0.243 e. The molecule has 1 fully saturated rings. The first kappa shape index (κ1) is 19.2. The maximum absolute atomic E-state index is 12.8. The van der Waals surface area contributed by atoms with E-state index < -0.39 is 15.9 Å². The van der Waals surface area contributed by atoms with Crippen LogP contribution in [-0.2, 0) is 14.8 Å². The second kappa shape index (κ2) is 7.96. The highest BCUT2D eigenvalue weighted by Crippen LogP contribution is 2.28. The Kier molecular flexibility index (Phi) is 5.87. The van der Waals surface area contributed by atoms with E-state index in [0.29, 0.717) is 35.1 Å². The number of halogens is 2. The van der Waals surface area contributed by atoms with E-state index in [1.165, 1.54) is 4.31 Å². The summed E-state index contributed by atoms with van der Waals surface area (Å²) in [5.41, 5.74) is 0.423. The maximum atomic E-state index is 12.8. The Bertz CT molecular complexity index is 904. The summed E-state index contributed by atoms with van der Waals surface area (Å²) in [6.45, 7) is 0.542. The zero-order valence-electron chi connectivity index (χ0n) is 13.9. The highest BCUT2D eigenvalue weighted by molar-refractivity contribution is 7.89. The maximum Gasteiger partial charge on any atom is 0.243 e. The average molecular weight is 413 g/mol. The van der Waals surface area contributed by atoms with Crippen LogP contribution in [0.5, 0.6) is 0 Å². The normalized spacial score (nSPS) is 18.5. The molecule has 138 valence electrons. The molecule has 26 heavy (non-hydrogen) atoms. The molecule has 0 aliphatic carbocycles. The molecule has 0 radical (unpaired) electrons. The minimum Gasteiger partial charge on any atom is -0.324 e. The summed E-state index contributed by atoms with van der Waals surface area (Å²) >= 11 is 12.0. The van der Waals surface area contributed by atoms with Gasteiger partial charge >= 0.3 is 0 Å². The lowest BCUT2D eigenvalue weighted by molar-refractivity contribution is -0.120. The molecule has 1 saturated heterocycles. The fraction of sp³-hybridized carbons (Fsp3) is 0.278. The number of carbonyl (C=O) groups excluding carboxylic acids is 1. The fourth-order valence-electron chi connectivity index (χ4n) is 2.94. The lowest BCUT2D eigenvalue weighted by atomic mass is 9.99. The number of nitrogens with zero attached hydrogens (tertiary/aromatic N) is 1. The Morgan fingerprint density at radius 1 is 1.12 bits per heavy atom. The van der Waals surface area contributed by atoms with Crippen LogP contribution in [0.1, 0.15) is 12.8 Å². The van der Waals surface area contributed by atoms with Gasteiger partial charge in [-0.3, -0.25) is 4.79 Å². The number of rotatable bonds is 4. The van der Waals surface area contributed by atoms with Gasteiger partial charge in [-0.1, -0.05) is 41.4 Å². The molecule has 0 aromatic heterocycles. The van der Waals surface area contributed by atoms with E-state index in [4.69, 9.17) is 23.2 Å². The largest absolute Gasteiger partial charge is 0.324 e. The monoisotopic (exact) mass is 412 g/mol. The average Bonchev–Trinajstić information content (AvgIpc) is 2.65. The first-order valence-electron chi connectivity index (χ1n) is 8.19. The number of benzene rings is 2. The molecular weight excluding hydrogens is 395 g/mol. The third-order valence-electron chi connectivity index (χ3n) is 4.32. The van der Waals surface area contributed by atoms with Gasteiger partial charge in [0.05, 0.1) is 21.5 Å². The van der Waals surface area contributed by atoms with Gasteiger partial charge in [-0.2, -0.15) is 4.31 Å². The molecule has 1 amide bonds. The molecule has 0 spiro atoms. The van der Waals surface area contributed by atoms with Crippen molar-refractivity contribution < 1.29 is 13.2 Å². The summed E-state index contributed by atoms with van der Waals surface area (Å²) in [7, 11) is -3.61. The molecule has 0 unspecified atom stereocenters. The Labute approximate surface area is 163 Å². The molecule has 5 nitrogen and oxygen atoms in total. The van der Waals surface area contributed by atoms with Gasteiger partial charge in [0.1, 0.15) is 0 Å². The molecule has 1 atom stereocenters. The van der Waals surface area contributed by atoms with Crippen molar-refractivity contribution in [1.82, 2.24) is 4.31 Å². The molecule has 1 heterocycles. The van der Waals surface area contributed by atoms with Gasteiger partial charge in [0.15, 0.2) is 0 Å². The van der Waals surface area contributed by atoms with E-state index in [1.807, 2.05) is 0 Å². The SMILES string of the molecule is O=C(Nc1cc(Cl)ccc1Cl)[C@@H]1CCCN(S(=O)(=O)c2ccccc2)C1. The Morgan fingerprint density at radius 3 is 2.58 bits per heavy atom. The highest BCUT2D eigenvalue weighted by atomic mass is 35.5. The van der Waals surface area contributed by atoms with Gasteiger partial charge < -0.3 is 5.32 Å². The number of piperidine rings is 1. The zero-order valence-corrected chi connectivity index (χ0v) is 16.2. The number of hydrogen-bond donors (Lipinski definition) is 1. The van der Waals surface area contributed by atoms with Crippen molar-refractivity contribution in [3.05, 3.63) is 58.6 Å². The van der Waals surface area contributed by atoms with Crippen molar-refractivity contribution >= 4 is 44.8 Å². The summed E-state index contributed by atoms with van der Waals surface area (Å²) in [5, 5.41) is 3.60. The molecule has 8 heteroatoms. The van der Waals surface area contributed by atoms with Crippen LogP contribution in [0.2, 0.25) is 10.0 Å². The van der Waals surface area contributed by atoms with Crippen LogP contribution in [0.4, 0.5) is 5.69 Å². The molecule has 1 aliphatic rings. The molecular formula is C18H18Cl2N2O3S. The van der Waals surface area contributed by atoms with Crippen molar-refractivity contribution in [3.8, 4) is 0 Å². The van der Waals surface area contributed by atoms with Gasteiger partial charge in [0.25, 0.3) is 0 Å². The molecule has 3 rings (SSSR count). The predicted molar refractivity (Wildman–Crippen MR) is 103 cm³/mol. The van der Waals surface area contributed by atoms with Gasteiger partial charge in [-0.05, 0) is 43.2 Å². The minimum absolute atomic E-state index is 0.140. The van der Waals surface area contributed by atoms with E-state index in [-0.39, 0.29) is 17.3 Å². The van der Waals surface area contributed by atoms with E-state index >= 15 is 0 Å². The number of sulfonamides is 1. The number of anilines is 1. The first-order chi connectivity index (χ1) is 12.4. The summed E-state index contributed by atoms with van der Waals surface area (Å²) in [6.07, 6.45) is 1.23. The molecule has 0 saturated carbocycles. The van der Waals surface area contributed by atoms with Crippen molar-refractivity contribution in [2.24, 2.45) is 5.92 Å². The summed E-state index contributed by atoms with van der Waals surface area (Å²) < 4.78 is 26.9. The first-order valence-corrected chi connectivity index (χ1v) is 10.4. The van der Waals surface area contributed by atoms with Crippen LogP contribution in [0.25, 0.3) is 0 Å². The lowest BCUT2D eigenvalue weighted by Crippen LogP contribution is -2.43. The van der Waals surface area contributed by atoms with Gasteiger partial charge in [0, 0.05) is 18.1 Å². The second-order valence-electron chi connectivity index (χ2n) is 6.13. The van der Waals surface area contributed by atoms with E-state index in [2.05, 4.69) is 5.32 Å². The quantitative estimate of drug-likeness (QED) is 0.823. The summed E-state index contributed by atoms with van der Waals surface area (Å²) in [6, 6.07) is 13.1. The topological polar surface area (TPSA) is 66.5 Å². The van der Waals surface area contributed by atoms with Gasteiger partial charge in [-0.15, -0.1) is 0 Å². The summed E-state index contributed by atoms with van der Waals surface area (Å²) in [5.74, 6) is -0.709. The third-order valence-corrected chi connectivity index (χ3v) is 6.77. The Morgan fingerprint density at radius 2 is 1.85 bits per heavy atom. The van der Waals surface area contributed by atoms with Crippen LogP contribution in [0.15, 0.2) is 53.4 Å². The number of carbonyl (C=O) groups is 1. The van der Waals surface area contributed by atoms with Crippen molar-refractivity contribution in [2.45, 2.75) is 17.7 Å². The molecule has 1 N–H and O–H groups in total. The molecule has 2 aromatic carbocycles. The lowest BCUT2D eigenvalue weighted by Gasteiger charge is -2.31. The summed E-state index contributed by atoms with van der Waals surface area (Å²) in [4.78, 5) is 12.8. The predicted octanol–water partition coefficient (Wildman–Crippen LogP) is 4.03. The molecule has 0 bridgehead atoms. The highest BCUT2D eigenvalue weighted by Gasteiger charge is 2.33. The van der Waals surface area contributed by atoms with Crippen molar-refractivity contribution in [2.75, 3.05) is 18.4 Å². The molecule has 1 aliphatic heterocycles. The van der Waals surface area contributed by atoms with E-state index in [1.54, 1.807) is 48.5 Å². The molecule has 2 aromatic rings. The van der Waals surface area contributed by atoms with Crippen molar-refractivity contribution in [3.63, 3.8) is 0 Å². The zero-order chi connectivity index (χ0) is 18.7. The van der Waals surface area contributed by atoms with E-state index in [9.17, 15) is 13.2 Å². The number of amides is 1. The van der Waals surface area contributed by atoms with Crippen LogP contribution < -0.4 is 5.32 Å². The standard InChI is InChI=1S/C18H18Cl2N2O3S/c19-14-8-9-16(20)17(11-14)21-18(23)13-5-4-10-22(12-13)26(24,25)15-6-2-1-3-7-15/h1-3,6-9,11,13H,4-5,10,12H2,(H,21,23)/t13-/m1/s1. The van der Waals surface area contributed by atoms with Crippen LogP contribution in [0.3, 0.4) is 0 Å². The third kappa shape index (κ3) is 4.20. The number of hydrogen-bond acceptors (Lipinski definition) is 3. The van der Waals surface area contributed by atoms with Gasteiger partial charge in [0.2, 0.25) is 15.9 Å². The minimum atomic E-state index is -3.61. The second-order valence-corrected chi connectivity index (χ2v) is 8.91. The van der Waals surface area contributed by atoms with Gasteiger partial charge in [-0.25, -0.2) is 8.42 Å². The fourth-order valence-corrected chi connectivity index (χ4v) is 4.83. The van der Waals surface area contributed by atoms with Crippen LogP contribution in [-0.4, -0.2) is 31.7 Å². The Balaban J connectivity index is 1.74. The Hall–Kier alpha value is -1.60. The van der Waals surface area contributed by atoms with Crippen LogP contribution >= 0.6 is 23.2 Å². The van der Waals surface area contributed by atoms with Crippen molar-refractivity contribution in [1.29, 1.82) is 0 Å². The number of nitrogens with one attached hydrogen (secondary N) is 1. The van der Waals surface area contributed by atoms with Crippen LogP contribution in [0, 0.1) is 5.92 Å². The van der Waals surface area contributed by atoms with E-state index in [0.717, 1.165) is 0 Å².